The lowest BCUT2D eigenvalue weighted by molar-refractivity contribution is -0.182. The molecule has 2 rings (SSSR count). The van der Waals surface area contributed by atoms with E-state index in [9.17, 15) is 14.4 Å². The van der Waals surface area contributed by atoms with Gasteiger partial charge < -0.3 is 18.9 Å². The molecule has 1 heterocycles. The predicted octanol–water partition coefficient (Wildman–Crippen LogP) is 4.93. The molecule has 0 spiro atoms. The van der Waals surface area contributed by atoms with Gasteiger partial charge in [0.1, 0.15) is 0 Å². The molecule has 1 aliphatic carbocycles. The highest BCUT2D eigenvalue weighted by molar-refractivity contribution is 5.68. The maximum atomic E-state index is 12.1. The number of carbonyl (C=O) groups is 3. The Balaban J connectivity index is 2.60. The molecule has 7 nitrogen and oxygen atoms in total. The van der Waals surface area contributed by atoms with Crippen LogP contribution >= 0.6 is 0 Å². The number of fused-ring (bicyclic) bond motifs is 1. The molecule has 0 saturated carbocycles. The zero-order chi connectivity index (χ0) is 24.7. The second-order valence-corrected chi connectivity index (χ2v) is 9.00. The largest absolute Gasteiger partial charge is 0.462 e. The molecule has 182 valence electrons. The molecule has 0 aromatic rings. The summed E-state index contributed by atoms with van der Waals surface area (Å²) in [5.74, 6) is -1.95. The van der Waals surface area contributed by atoms with Crippen molar-refractivity contribution in [2.75, 3.05) is 0 Å². The highest BCUT2D eigenvalue weighted by atomic mass is 16.7. The lowest BCUT2D eigenvalue weighted by Crippen LogP contribution is -2.44. The van der Waals surface area contributed by atoms with Gasteiger partial charge in [0.2, 0.25) is 6.29 Å². The van der Waals surface area contributed by atoms with Crippen molar-refractivity contribution in [1.82, 2.24) is 0 Å². The minimum atomic E-state index is -0.884. The molecule has 1 aliphatic heterocycles. The summed E-state index contributed by atoms with van der Waals surface area (Å²) < 4.78 is 22.7. The highest BCUT2D eigenvalue weighted by Gasteiger charge is 2.45. The van der Waals surface area contributed by atoms with Gasteiger partial charge in [0, 0.05) is 32.3 Å². The van der Waals surface area contributed by atoms with Crippen LogP contribution in [0.25, 0.3) is 0 Å². The second kappa shape index (κ2) is 11.9. The standard InChI is InChI=1S/C26H36O7/c1-15(2)13-23(31-18(5)27)25(32-19(6)28)22-14-30-26(33-20(7)29)24-17(4)10-8-9-16(3)11-12-21(22)24/h9,13-14,21,23-26H,4,8,10-12H2,1-3,5-7H3/b16-9-/t21-,23+,24+,25-,26-/m1/s1. The van der Waals surface area contributed by atoms with Gasteiger partial charge in [-0.25, -0.2) is 0 Å². The van der Waals surface area contributed by atoms with Crippen molar-refractivity contribution in [3.8, 4) is 0 Å². The van der Waals surface area contributed by atoms with Crippen molar-refractivity contribution in [2.24, 2.45) is 11.8 Å². The number of allylic oxidation sites excluding steroid dienone is 3. The molecule has 0 radical (unpaired) electrons. The quantitative estimate of drug-likeness (QED) is 0.315. The Bertz CT molecular complexity index is 860. The van der Waals surface area contributed by atoms with Crippen LogP contribution in [0.4, 0.5) is 0 Å². The van der Waals surface area contributed by atoms with E-state index < -0.39 is 36.4 Å². The lowest BCUT2D eigenvalue weighted by Gasteiger charge is -2.41. The van der Waals surface area contributed by atoms with Crippen LogP contribution in [0.1, 0.15) is 67.2 Å². The van der Waals surface area contributed by atoms with Crippen LogP contribution < -0.4 is 0 Å². The molecule has 0 aromatic heterocycles. The summed E-state index contributed by atoms with van der Waals surface area (Å²) >= 11 is 0. The Morgan fingerprint density at radius 3 is 2.30 bits per heavy atom. The number of hydrogen-bond donors (Lipinski definition) is 0. The van der Waals surface area contributed by atoms with Crippen LogP contribution in [-0.2, 0) is 33.3 Å². The minimum absolute atomic E-state index is 0.190. The molecule has 0 aromatic carbocycles. The Morgan fingerprint density at radius 2 is 1.73 bits per heavy atom. The zero-order valence-electron chi connectivity index (χ0n) is 20.5. The third kappa shape index (κ3) is 7.62. The van der Waals surface area contributed by atoms with E-state index in [1.165, 1.54) is 32.6 Å². The molecule has 0 amide bonds. The summed E-state index contributed by atoms with van der Waals surface area (Å²) in [7, 11) is 0. The average Bonchev–Trinajstić information content (AvgIpc) is 2.75. The van der Waals surface area contributed by atoms with E-state index in [2.05, 4.69) is 19.6 Å². The molecule has 2 aliphatic rings. The van der Waals surface area contributed by atoms with Gasteiger partial charge in [-0.15, -0.1) is 0 Å². The summed E-state index contributed by atoms with van der Waals surface area (Å²) in [6.07, 6.45) is 6.00. The minimum Gasteiger partial charge on any atom is -0.462 e. The van der Waals surface area contributed by atoms with E-state index in [1.807, 2.05) is 13.8 Å². The maximum Gasteiger partial charge on any atom is 0.305 e. The van der Waals surface area contributed by atoms with E-state index in [-0.39, 0.29) is 11.8 Å². The molecule has 0 unspecified atom stereocenters. The van der Waals surface area contributed by atoms with Gasteiger partial charge in [-0.2, -0.15) is 0 Å². The normalized spacial score (nSPS) is 26.2. The summed E-state index contributed by atoms with van der Waals surface area (Å²) in [5.41, 5.74) is 3.74. The Labute approximate surface area is 196 Å². The lowest BCUT2D eigenvalue weighted by atomic mass is 9.74. The number of esters is 3. The van der Waals surface area contributed by atoms with Crippen LogP contribution in [-0.4, -0.2) is 36.4 Å². The van der Waals surface area contributed by atoms with Crippen LogP contribution in [0.3, 0.4) is 0 Å². The van der Waals surface area contributed by atoms with Crippen LogP contribution in [0, 0.1) is 11.8 Å². The first-order valence-corrected chi connectivity index (χ1v) is 11.3. The van der Waals surface area contributed by atoms with E-state index in [1.54, 1.807) is 6.08 Å². The molecule has 0 bridgehead atoms. The maximum absolute atomic E-state index is 12.1. The topological polar surface area (TPSA) is 88.1 Å². The number of hydrogen-bond acceptors (Lipinski definition) is 7. The molecule has 7 heteroatoms. The third-order valence-corrected chi connectivity index (χ3v) is 5.77. The van der Waals surface area contributed by atoms with Gasteiger partial charge in [0.05, 0.1) is 12.2 Å². The van der Waals surface area contributed by atoms with E-state index >= 15 is 0 Å². The molecule has 5 atom stereocenters. The molecular formula is C26H36O7. The molecule has 0 saturated heterocycles. The first kappa shape index (κ1) is 26.4. The van der Waals surface area contributed by atoms with Gasteiger partial charge in [0.25, 0.3) is 0 Å². The predicted molar refractivity (Wildman–Crippen MR) is 124 cm³/mol. The SMILES string of the molecule is C=C1CC/C=C(/C)CC[C@@H]2C([C@@H](OC(C)=O)[C@H](C=C(C)C)OC(C)=O)=CO[C@H](OC(C)=O)[C@@H]12. The van der Waals surface area contributed by atoms with Crippen LogP contribution in [0.5, 0.6) is 0 Å². The third-order valence-electron chi connectivity index (χ3n) is 5.77. The monoisotopic (exact) mass is 460 g/mol. The first-order valence-electron chi connectivity index (χ1n) is 11.3. The van der Waals surface area contributed by atoms with Gasteiger partial charge >= 0.3 is 17.9 Å². The molecule has 0 fully saturated rings. The summed E-state index contributed by atoms with van der Waals surface area (Å²) in [5, 5.41) is 0. The van der Waals surface area contributed by atoms with Crippen LogP contribution in [0.15, 0.2) is 47.3 Å². The fourth-order valence-electron chi connectivity index (χ4n) is 4.44. The number of carbonyl (C=O) groups excluding carboxylic acids is 3. The smallest absolute Gasteiger partial charge is 0.305 e. The fourth-order valence-corrected chi connectivity index (χ4v) is 4.44. The average molecular weight is 461 g/mol. The van der Waals surface area contributed by atoms with Crippen molar-refractivity contribution < 1.29 is 33.3 Å². The van der Waals surface area contributed by atoms with Gasteiger partial charge in [0.15, 0.2) is 12.2 Å². The summed E-state index contributed by atoms with van der Waals surface area (Å²) in [4.78, 5) is 35.8. The molecule has 33 heavy (non-hydrogen) atoms. The molecule has 0 N–H and O–H groups in total. The fraction of sp³-hybridized carbons (Fsp3) is 0.577. The Morgan fingerprint density at radius 1 is 1.06 bits per heavy atom. The Kier molecular flexibility index (Phi) is 9.50. The van der Waals surface area contributed by atoms with Crippen molar-refractivity contribution in [3.63, 3.8) is 0 Å². The van der Waals surface area contributed by atoms with Gasteiger partial charge in [-0.05, 0) is 52.5 Å². The second-order valence-electron chi connectivity index (χ2n) is 9.00. The summed E-state index contributed by atoms with van der Waals surface area (Å²) in [6.45, 7) is 14.1. The zero-order valence-corrected chi connectivity index (χ0v) is 20.5. The van der Waals surface area contributed by atoms with Crippen molar-refractivity contribution in [1.29, 1.82) is 0 Å². The van der Waals surface area contributed by atoms with E-state index in [0.29, 0.717) is 18.4 Å². The van der Waals surface area contributed by atoms with Gasteiger partial charge in [-0.1, -0.05) is 29.4 Å². The van der Waals surface area contributed by atoms with E-state index in [4.69, 9.17) is 18.9 Å². The van der Waals surface area contributed by atoms with Gasteiger partial charge in [-0.3, -0.25) is 14.4 Å². The summed E-state index contributed by atoms with van der Waals surface area (Å²) in [6, 6.07) is 0. The van der Waals surface area contributed by atoms with Crippen molar-refractivity contribution >= 4 is 17.9 Å². The van der Waals surface area contributed by atoms with Crippen LogP contribution in [0.2, 0.25) is 0 Å². The van der Waals surface area contributed by atoms with E-state index in [0.717, 1.165) is 24.0 Å². The first-order chi connectivity index (χ1) is 15.5. The number of rotatable bonds is 6. The Hall–Kier alpha value is -2.83. The highest BCUT2D eigenvalue weighted by Crippen LogP contribution is 2.44. The van der Waals surface area contributed by atoms with Crippen molar-refractivity contribution in [2.45, 2.75) is 85.7 Å². The van der Waals surface area contributed by atoms with Crippen molar-refractivity contribution in [3.05, 3.63) is 47.3 Å². The molecular weight excluding hydrogens is 424 g/mol. The number of ether oxygens (including phenoxy) is 4.